The van der Waals surface area contributed by atoms with Gasteiger partial charge in [0.05, 0.1) is 24.7 Å². The van der Waals surface area contributed by atoms with E-state index in [-0.39, 0.29) is 5.82 Å². The molecule has 5 aromatic rings. The summed E-state index contributed by atoms with van der Waals surface area (Å²) in [4.78, 5) is 8.66. The number of benzene rings is 2. The van der Waals surface area contributed by atoms with Gasteiger partial charge in [0.1, 0.15) is 40.7 Å². The van der Waals surface area contributed by atoms with Crippen molar-refractivity contribution in [2.75, 3.05) is 12.3 Å². The van der Waals surface area contributed by atoms with Gasteiger partial charge in [-0.25, -0.2) is 19.0 Å². The predicted octanol–water partition coefficient (Wildman–Crippen LogP) is 3.38. The maximum atomic E-state index is 14.1. The molecule has 0 amide bonds. The molecule has 0 radical (unpaired) electrons. The molecule has 0 atom stereocenters. The third kappa shape index (κ3) is 2.97. The third-order valence-corrected chi connectivity index (χ3v) is 5.66. The van der Waals surface area contributed by atoms with Crippen molar-refractivity contribution in [3.05, 3.63) is 78.3 Å². The second-order valence-corrected chi connectivity index (χ2v) is 7.66. The Labute approximate surface area is 182 Å². The molecule has 2 aromatic carbocycles. The lowest BCUT2D eigenvalue weighted by Crippen LogP contribution is -2.01. The van der Waals surface area contributed by atoms with E-state index >= 15 is 0 Å². The van der Waals surface area contributed by atoms with Gasteiger partial charge in [-0.15, -0.1) is 5.10 Å². The van der Waals surface area contributed by atoms with Crippen LogP contribution in [0, 0.1) is 5.82 Å². The van der Waals surface area contributed by atoms with E-state index in [1.165, 1.54) is 22.6 Å². The molecule has 3 aromatic heterocycles. The van der Waals surface area contributed by atoms with E-state index in [2.05, 4.69) is 26.3 Å². The van der Waals surface area contributed by atoms with Gasteiger partial charge in [0.25, 0.3) is 0 Å². The molecule has 0 spiro atoms. The molecule has 158 valence electrons. The molecule has 0 saturated carbocycles. The van der Waals surface area contributed by atoms with Crippen molar-refractivity contribution in [2.24, 2.45) is 0 Å². The van der Waals surface area contributed by atoms with Crippen molar-refractivity contribution in [2.45, 2.75) is 13.0 Å². The van der Waals surface area contributed by atoms with Crippen LogP contribution >= 0.6 is 0 Å². The number of hydrogen-bond donors (Lipinski definition) is 1. The predicted molar refractivity (Wildman–Crippen MR) is 117 cm³/mol. The average molecular weight is 427 g/mol. The van der Waals surface area contributed by atoms with Gasteiger partial charge in [0.2, 0.25) is 0 Å². The highest BCUT2D eigenvalue weighted by molar-refractivity contribution is 6.00. The number of fused-ring (bicyclic) bond motifs is 2. The van der Waals surface area contributed by atoms with E-state index in [9.17, 15) is 4.39 Å². The zero-order valence-electron chi connectivity index (χ0n) is 16.9. The number of nitrogens with zero attached hydrogens (tertiary/aromatic N) is 6. The van der Waals surface area contributed by atoms with Gasteiger partial charge in [-0.05, 0) is 35.4 Å². The Morgan fingerprint density at radius 1 is 1.09 bits per heavy atom. The monoisotopic (exact) mass is 427 g/mol. The molecule has 2 N–H and O–H groups in total. The highest BCUT2D eigenvalue weighted by Gasteiger charge is 2.19. The number of rotatable bonds is 4. The van der Waals surface area contributed by atoms with Crippen molar-refractivity contribution < 1.29 is 9.13 Å². The number of nitrogen functional groups attached to an aromatic ring is 1. The highest BCUT2D eigenvalue weighted by atomic mass is 19.1. The summed E-state index contributed by atoms with van der Waals surface area (Å²) in [5, 5.41) is 9.09. The fourth-order valence-corrected chi connectivity index (χ4v) is 4.14. The molecule has 1 aliphatic heterocycles. The molecule has 0 bridgehead atoms. The summed E-state index contributed by atoms with van der Waals surface area (Å²) in [6.45, 7) is 1.10. The average Bonchev–Trinajstić information content (AvgIpc) is 3.53. The smallest absolute Gasteiger partial charge is 0.148 e. The summed E-state index contributed by atoms with van der Waals surface area (Å²) < 4.78 is 23.1. The number of para-hydroxylation sites is 1. The Hall–Kier alpha value is -4.27. The van der Waals surface area contributed by atoms with Crippen LogP contribution in [0.25, 0.3) is 27.8 Å². The summed E-state index contributed by atoms with van der Waals surface area (Å²) in [6, 6.07) is 12.6. The van der Waals surface area contributed by atoms with E-state index < -0.39 is 0 Å². The number of halogens is 1. The van der Waals surface area contributed by atoms with E-state index in [0.717, 1.165) is 28.7 Å². The SMILES string of the molecule is Nc1ncnc2c1c(-c1ccc3c(c1)CCO3)cn2Cc1cn(-c2ccccc2F)nn1. The molecule has 8 nitrogen and oxygen atoms in total. The fourth-order valence-electron chi connectivity index (χ4n) is 4.14. The Morgan fingerprint density at radius 3 is 2.91 bits per heavy atom. The molecule has 4 heterocycles. The molecule has 0 unspecified atom stereocenters. The van der Waals surface area contributed by atoms with Crippen molar-refractivity contribution in [1.29, 1.82) is 0 Å². The van der Waals surface area contributed by atoms with Crippen LogP contribution in [0.4, 0.5) is 10.2 Å². The van der Waals surface area contributed by atoms with Crippen LogP contribution in [0.3, 0.4) is 0 Å². The standard InChI is InChI=1S/C23H18FN7O/c24-18-3-1-2-4-19(18)31-11-16(28-29-31)10-30-12-17(21-22(25)26-13-27-23(21)30)14-5-6-20-15(9-14)7-8-32-20/h1-6,9,11-13H,7-8,10H2,(H2,25,26,27). The molecular weight excluding hydrogens is 409 g/mol. The molecule has 6 rings (SSSR count). The summed E-state index contributed by atoms with van der Waals surface area (Å²) in [7, 11) is 0. The molecule has 1 aliphatic rings. The van der Waals surface area contributed by atoms with Crippen LogP contribution in [-0.2, 0) is 13.0 Å². The van der Waals surface area contributed by atoms with Crippen LogP contribution in [0.1, 0.15) is 11.3 Å². The van der Waals surface area contributed by atoms with Gasteiger partial charge < -0.3 is 15.0 Å². The Bertz CT molecular complexity index is 1470. The molecule has 0 aliphatic carbocycles. The van der Waals surface area contributed by atoms with Gasteiger partial charge in [0, 0.05) is 18.2 Å². The first-order valence-electron chi connectivity index (χ1n) is 10.2. The van der Waals surface area contributed by atoms with Crippen LogP contribution in [0.5, 0.6) is 5.75 Å². The minimum atomic E-state index is -0.362. The molecule has 32 heavy (non-hydrogen) atoms. The molecule has 0 fully saturated rings. The van der Waals surface area contributed by atoms with Gasteiger partial charge in [-0.2, -0.15) is 0 Å². The molecular formula is C23H18FN7O. The normalized spacial score (nSPS) is 12.8. The van der Waals surface area contributed by atoms with Crippen molar-refractivity contribution >= 4 is 16.9 Å². The van der Waals surface area contributed by atoms with Crippen LogP contribution in [0.2, 0.25) is 0 Å². The largest absolute Gasteiger partial charge is 0.493 e. The van der Waals surface area contributed by atoms with E-state index in [1.54, 1.807) is 24.4 Å². The Morgan fingerprint density at radius 2 is 2.00 bits per heavy atom. The highest BCUT2D eigenvalue weighted by Crippen LogP contribution is 2.36. The third-order valence-electron chi connectivity index (χ3n) is 5.66. The number of ether oxygens (including phenoxy) is 1. The second kappa shape index (κ2) is 7.16. The Balaban J connectivity index is 1.42. The quantitative estimate of drug-likeness (QED) is 0.472. The lowest BCUT2D eigenvalue weighted by atomic mass is 10.0. The topological polar surface area (TPSA) is 96.7 Å². The zero-order valence-corrected chi connectivity index (χ0v) is 16.9. The minimum absolute atomic E-state index is 0.344. The Kier molecular flexibility index (Phi) is 4.14. The molecule has 9 heteroatoms. The van der Waals surface area contributed by atoms with Gasteiger partial charge in [0.15, 0.2) is 0 Å². The van der Waals surface area contributed by atoms with Gasteiger partial charge in [-0.3, -0.25) is 0 Å². The summed E-state index contributed by atoms with van der Waals surface area (Å²) in [6.07, 6.45) is 6.04. The van der Waals surface area contributed by atoms with Crippen LogP contribution in [0.15, 0.2) is 61.2 Å². The first-order valence-corrected chi connectivity index (χ1v) is 10.2. The van der Waals surface area contributed by atoms with Gasteiger partial charge in [-0.1, -0.05) is 23.4 Å². The maximum Gasteiger partial charge on any atom is 0.148 e. The van der Waals surface area contributed by atoms with E-state index in [1.807, 2.05) is 22.9 Å². The lowest BCUT2D eigenvalue weighted by molar-refractivity contribution is 0.357. The van der Waals surface area contributed by atoms with Crippen molar-refractivity contribution in [3.63, 3.8) is 0 Å². The molecule has 0 saturated heterocycles. The minimum Gasteiger partial charge on any atom is -0.493 e. The summed E-state index contributed by atoms with van der Waals surface area (Å²) >= 11 is 0. The number of anilines is 1. The van der Waals surface area contributed by atoms with Crippen molar-refractivity contribution in [1.82, 2.24) is 29.5 Å². The fraction of sp³-hybridized carbons (Fsp3) is 0.130. The van der Waals surface area contributed by atoms with Crippen LogP contribution in [-0.4, -0.2) is 36.1 Å². The number of nitrogens with two attached hydrogens (primary N) is 1. The van der Waals surface area contributed by atoms with E-state index in [0.29, 0.717) is 36.0 Å². The summed E-state index contributed by atoms with van der Waals surface area (Å²) in [5.41, 5.74) is 11.1. The first kappa shape index (κ1) is 18.5. The summed E-state index contributed by atoms with van der Waals surface area (Å²) in [5.74, 6) is 0.973. The number of aromatic nitrogens is 6. The zero-order chi connectivity index (χ0) is 21.7. The van der Waals surface area contributed by atoms with E-state index in [4.69, 9.17) is 10.5 Å². The first-order chi connectivity index (χ1) is 15.7. The second-order valence-electron chi connectivity index (χ2n) is 7.66. The number of hydrogen-bond acceptors (Lipinski definition) is 6. The van der Waals surface area contributed by atoms with Crippen LogP contribution < -0.4 is 10.5 Å². The maximum absolute atomic E-state index is 14.1. The van der Waals surface area contributed by atoms with Gasteiger partial charge >= 0.3 is 0 Å². The van der Waals surface area contributed by atoms with Crippen molar-refractivity contribution in [3.8, 4) is 22.6 Å². The lowest BCUT2D eigenvalue weighted by Gasteiger charge is -2.04.